The monoisotopic (exact) mass is 413 g/mol. The zero-order chi connectivity index (χ0) is 22.0. The van der Waals surface area contributed by atoms with Crippen molar-refractivity contribution in [1.29, 1.82) is 0 Å². The van der Waals surface area contributed by atoms with Crippen LogP contribution in [0.25, 0.3) is 5.82 Å². The molecule has 0 aliphatic carbocycles. The molecule has 0 atom stereocenters. The van der Waals surface area contributed by atoms with Crippen LogP contribution in [0.15, 0.2) is 34.9 Å². The zero-order valence-corrected chi connectivity index (χ0v) is 16.8. The second-order valence-corrected chi connectivity index (χ2v) is 6.56. The first-order valence-corrected chi connectivity index (χ1v) is 8.88. The predicted octanol–water partition coefficient (Wildman–Crippen LogP) is 3.35. The number of hydrogen-bond acceptors (Lipinski definition) is 8. The fourth-order valence-corrected chi connectivity index (χ4v) is 3.11. The van der Waals surface area contributed by atoms with Gasteiger partial charge < -0.3 is 14.0 Å². The van der Waals surface area contributed by atoms with E-state index in [1.165, 1.54) is 19.2 Å². The molecule has 0 amide bonds. The molecule has 1 aromatic carbocycles. The van der Waals surface area contributed by atoms with Crippen molar-refractivity contribution in [2.75, 3.05) is 13.7 Å². The van der Waals surface area contributed by atoms with Gasteiger partial charge in [-0.1, -0.05) is 5.16 Å². The molecule has 3 aromatic rings. The van der Waals surface area contributed by atoms with Crippen molar-refractivity contribution in [3.63, 3.8) is 0 Å². The van der Waals surface area contributed by atoms with Gasteiger partial charge in [-0.25, -0.2) is 4.79 Å². The van der Waals surface area contributed by atoms with Crippen molar-refractivity contribution in [3.05, 3.63) is 68.7 Å². The Morgan fingerprint density at radius 3 is 2.53 bits per heavy atom. The van der Waals surface area contributed by atoms with Crippen molar-refractivity contribution < 1.29 is 28.5 Å². The lowest BCUT2D eigenvalue weighted by atomic mass is 10.1. The Labute approximate surface area is 171 Å². The molecule has 30 heavy (non-hydrogen) atoms. The average Bonchev–Trinajstić information content (AvgIpc) is 3.27. The van der Waals surface area contributed by atoms with Gasteiger partial charge in [0.25, 0.3) is 0 Å². The molecule has 3 rings (SSSR count). The molecule has 10 nitrogen and oxygen atoms in total. The molecule has 2 heterocycles. The molecule has 156 valence electrons. The molecule has 0 aliphatic heterocycles. The lowest BCUT2D eigenvalue weighted by molar-refractivity contribution is -0.385. The maximum absolute atomic E-state index is 12.6. The maximum atomic E-state index is 12.6. The largest absolute Gasteiger partial charge is 0.490 e. The number of Topliss-reactive ketones (excluding diaryl/α,β-unsaturated/α-hetero) is 1. The number of hydrogen-bond donors (Lipinski definition) is 0. The third-order valence-electron chi connectivity index (χ3n) is 4.52. The number of carbonyl (C=O) groups excluding carboxylic acids is 2. The Morgan fingerprint density at radius 1 is 1.20 bits per heavy atom. The van der Waals surface area contributed by atoms with Crippen molar-refractivity contribution in [3.8, 4) is 11.6 Å². The van der Waals surface area contributed by atoms with Crippen LogP contribution >= 0.6 is 0 Å². The van der Waals surface area contributed by atoms with Crippen LogP contribution in [-0.4, -0.2) is 40.1 Å². The first kappa shape index (κ1) is 20.8. The lowest BCUT2D eigenvalue weighted by Gasteiger charge is -2.07. The third-order valence-corrected chi connectivity index (χ3v) is 4.52. The summed E-state index contributed by atoms with van der Waals surface area (Å²) < 4.78 is 16.8. The molecule has 0 saturated heterocycles. The van der Waals surface area contributed by atoms with Crippen molar-refractivity contribution in [2.45, 2.75) is 20.8 Å². The summed E-state index contributed by atoms with van der Waals surface area (Å²) in [5.74, 6) is -0.0684. The van der Waals surface area contributed by atoms with Crippen LogP contribution in [-0.2, 0) is 4.74 Å². The zero-order valence-electron chi connectivity index (χ0n) is 16.8. The Hall–Kier alpha value is -3.95. The number of aromatic nitrogens is 2. The van der Waals surface area contributed by atoms with E-state index in [1.807, 2.05) is 6.92 Å². The SMILES string of the molecule is COc1ccc(C(=O)OCC(=O)c2cc(C)n(-c3cc(C)on3)c2C)cc1[N+](=O)[O-]. The van der Waals surface area contributed by atoms with E-state index in [-0.39, 0.29) is 17.0 Å². The van der Waals surface area contributed by atoms with E-state index < -0.39 is 23.3 Å². The number of methoxy groups -OCH3 is 1. The van der Waals surface area contributed by atoms with E-state index in [0.29, 0.717) is 22.8 Å². The molecule has 2 aromatic heterocycles. The Balaban J connectivity index is 1.76. The minimum absolute atomic E-state index is 0.0168. The standard InChI is InChI=1S/C20H19N3O7/c1-11-7-15(13(3)22(11)19-8-12(2)30-21-19)17(24)10-29-20(25)14-5-6-18(28-4)16(9-14)23(26)27/h5-9H,10H2,1-4H3. The molecular formula is C20H19N3O7. The molecule has 0 unspecified atom stereocenters. The number of ketones is 1. The number of carbonyl (C=O) groups is 2. The molecule has 0 aliphatic rings. The van der Waals surface area contributed by atoms with E-state index in [1.54, 1.807) is 30.5 Å². The highest BCUT2D eigenvalue weighted by molar-refractivity contribution is 6.00. The molecule has 0 fully saturated rings. The van der Waals surface area contributed by atoms with Crippen LogP contribution in [0.2, 0.25) is 0 Å². The van der Waals surface area contributed by atoms with E-state index in [0.717, 1.165) is 11.8 Å². The van der Waals surface area contributed by atoms with Gasteiger partial charge >= 0.3 is 11.7 Å². The van der Waals surface area contributed by atoms with E-state index in [9.17, 15) is 19.7 Å². The van der Waals surface area contributed by atoms with Crippen LogP contribution in [0.4, 0.5) is 5.69 Å². The number of nitro benzene ring substituents is 1. The number of nitro groups is 1. The predicted molar refractivity (Wildman–Crippen MR) is 104 cm³/mol. The van der Waals surface area contributed by atoms with Gasteiger partial charge in [0.05, 0.1) is 17.6 Å². The van der Waals surface area contributed by atoms with Gasteiger partial charge in [0.1, 0.15) is 5.76 Å². The summed E-state index contributed by atoms with van der Waals surface area (Å²) in [7, 11) is 1.29. The van der Waals surface area contributed by atoms with E-state index in [2.05, 4.69) is 5.16 Å². The number of ether oxygens (including phenoxy) is 2. The molecule has 0 bridgehead atoms. The summed E-state index contributed by atoms with van der Waals surface area (Å²) in [6.45, 7) is 4.82. The summed E-state index contributed by atoms with van der Waals surface area (Å²) in [5, 5.41) is 15.1. The number of benzene rings is 1. The average molecular weight is 413 g/mol. The molecule has 0 spiro atoms. The van der Waals surface area contributed by atoms with Crippen LogP contribution in [0.5, 0.6) is 5.75 Å². The number of rotatable bonds is 7. The Morgan fingerprint density at radius 2 is 1.93 bits per heavy atom. The van der Waals surface area contributed by atoms with Crippen molar-refractivity contribution >= 4 is 17.4 Å². The summed E-state index contributed by atoms with van der Waals surface area (Å²) >= 11 is 0. The number of nitrogens with zero attached hydrogens (tertiary/aromatic N) is 3. The molecule has 0 N–H and O–H groups in total. The second-order valence-electron chi connectivity index (χ2n) is 6.56. The highest BCUT2D eigenvalue weighted by Gasteiger charge is 2.22. The highest BCUT2D eigenvalue weighted by Crippen LogP contribution is 2.28. The van der Waals surface area contributed by atoms with Crippen LogP contribution in [0, 0.1) is 30.9 Å². The molecule has 10 heteroatoms. The molecule has 0 saturated carbocycles. The summed E-state index contributed by atoms with van der Waals surface area (Å²) in [5.41, 5.74) is 1.34. The van der Waals surface area contributed by atoms with Crippen LogP contribution < -0.4 is 4.74 Å². The highest BCUT2D eigenvalue weighted by atomic mass is 16.6. The van der Waals surface area contributed by atoms with Gasteiger partial charge in [-0.3, -0.25) is 19.5 Å². The number of esters is 1. The van der Waals surface area contributed by atoms with Gasteiger partial charge in [0.15, 0.2) is 18.2 Å². The van der Waals surface area contributed by atoms with Gasteiger partial charge in [-0.2, -0.15) is 0 Å². The first-order valence-electron chi connectivity index (χ1n) is 8.88. The van der Waals surface area contributed by atoms with Crippen molar-refractivity contribution in [2.24, 2.45) is 0 Å². The van der Waals surface area contributed by atoms with E-state index >= 15 is 0 Å². The summed E-state index contributed by atoms with van der Waals surface area (Å²) in [6, 6.07) is 7.09. The van der Waals surface area contributed by atoms with Crippen LogP contribution in [0.3, 0.4) is 0 Å². The van der Waals surface area contributed by atoms with Crippen LogP contribution in [0.1, 0.15) is 37.9 Å². The van der Waals surface area contributed by atoms with Crippen molar-refractivity contribution in [1.82, 2.24) is 9.72 Å². The van der Waals surface area contributed by atoms with E-state index in [4.69, 9.17) is 14.0 Å². The summed E-state index contributed by atoms with van der Waals surface area (Å²) in [4.78, 5) is 35.3. The van der Waals surface area contributed by atoms with Gasteiger partial charge in [-0.15, -0.1) is 0 Å². The quantitative estimate of drug-likeness (QED) is 0.250. The molecular weight excluding hydrogens is 394 g/mol. The fourth-order valence-electron chi connectivity index (χ4n) is 3.11. The Bertz CT molecular complexity index is 1140. The minimum atomic E-state index is -0.852. The Kier molecular flexibility index (Phi) is 5.67. The fraction of sp³-hybridized carbons (Fsp3) is 0.250. The van der Waals surface area contributed by atoms with Gasteiger partial charge in [-0.05, 0) is 39.0 Å². The first-order chi connectivity index (χ1) is 14.2. The number of aryl methyl sites for hydroxylation is 2. The van der Waals surface area contributed by atoms with Gasteiger partial charge in [0, 0.05) is 29.1 Å². The molecule has 0 radical (unpaired) electrons. The van der Waals surface area contributed by atoms with Gasteiger partial charge in [0.2, 0.25) is 5.78 Å². The topological polar surface area (TPSA) is 127 Å². The maximum Gasteiger partial charge on any atom is 0.338 e. The second kappa shape index (κ2) is 8.19. The lowest BCUT2D eigenvalue weighted by Crippen LogP contribution is -2.15. The third kappa shape index (κ3) is 3.93. The smallest absolute Gasteiger partial charge is 0.338 e. The minimum Gasteiger partial charge on any atom is -0.490 e. The summed E-state index contributed by atoms with van der Waals surface area (Å²) in [6.07, 6.45) is 0. The normalized spacial score (nSPS) is 10.7.